The van der Waals surface area contributed by atoms with E-state index in [1.165, 1.54) is 43.4 Å². The number of fused-ring (bicyclic) bond motifs is 1. The molecule has 13 nitrogen and oxygen atoms in total. The standard InChI is InChI=1S/C33H30BFN6O7S/c1-39-28(42)18-27(37-26-13-10-21(34)16-25(26)35)29-30(39)40(33(45)41(31(29)43)23-11-12-23)24-9-5-8-22(17-24)38-49(46,47)15-14-36-32(44)48-19-20-6-3-2-4-7-20/h2-10,13,16-18,23,37-38H,11-12,14-15,19H2,1H3,(H,36,44). The van der Waals surface area contributed by atoms with Crippen molar-refractivity contribution in [1.82, 2.24) is 19.0 Å². The highest BCUT2D eigenvalue weighted by atomic mass is 32.2. The summed E-state index contributed by atoms with van der Waals surface area (Å²) in [4.78, 5) is 53.1. The van der Waals surface area contributed by atoms with Crippen LogP contribution in [-0.2, 0) is 28.4 Å². The van der Waals surface area contributed by atoms with Gasteiger partial charge in [-0.2, -0.15) is 0 Å². The molecule has 3 N–H and O–H groups in total. The number of hydrogen-bond acceptors (Lipinski definition) is 8. The van der Waals surface area contributed by atoms with Crippen LogP contribution in [0, 0.1) is 5.82 Å². The molecule has 2 heterocycles. The molecule has 1 aliphatic carbocycles. The molecule has 1 amide bonds. The van der Waals surface area contributed by atoms with Crippen molar-refractivity contribution in [1.29, 1.82) is 0 Å². The van der Waals surface area contributed by atoms with E-state index < -0.39 is 44.5 Å². The van der Waals surface area contributed by atoms with Gasteiger partial charge in [0.15, 0.2) is 0 Å². The zero-order valence-electron chi connectivity index (χ0n) is 26.2. The average molecular weight is 685 g/mol. The van der Waals surface area contributed by atoms with Gasteiger partial charge >= 0.3 is 11.8 Å². The first-order valence-corrected chi connectivity index (χ1v) is 16.9. The number of aromatic nitrogens is 3. The largest absolute Gasteiger partial charge is 0.445 e. The second-order valence-electron chi connectivity index (χ2n) is 11.5. The third kappa shape index (κ3) is 7.28. The highest BCUT2D eigenvalue weighted by Gasteiger charge is 2.31. The van der Waals surface area contributed by atoms with E-state index in [1.54, 1.807) is 24.3 Å². The van der Waals surface area contributed by atoms with Crippen molar-refractivity contribution in [3.05, 3.63) is 121 Å². The number of halogens is 1. The number of benzene rings is 3. The predicted molar refractivity (Wildman–Crippen MR) is 184 cm³/mol. The van der Waals surface area contributed by atoms with Gasteiger partial charge in [0.25, 0.3) is 11.1 Å². The minimum Gasteiger partial charge on any atom is -0.445 e. The maximum Gasteiger partial charge on any atom is 0.407 e. The molecule has 6 rings (SSSR count). The molecule has 1 fully saturated rings. The summed E-state index contributed by atoms with van der Waals surface area (Å²) in [5.41, 5.74) is -0.983. The number of carbonyl (C=O) groups excluding carboxylic acids is 1. The molecule has 5 aromatic rings. The molecule has 0 bridgehead atoms. The van der Waals surface area contributed by atoms with Crippen LogP contribution in [-0.4, -0.2) is 48.4 Å². The van der Waals surface area contributed by atoms with Crippen LogP contribution in [0.5, 0.6) is 0 Å². The van der Waals surface area contributed by atoms with Gasteiger partial charge in [0.05, 0.1) is 28.5 Å². The Hall–Kier alpha value is -5.64. The van der Waals surface area contributed by atoms with Crippen molar-refractivity contribution < 1.29 is 22.3 Å². The van der Waals surface area contributed by atoms with Crippen molar-refractivity contribution in [3.63, 3.8) is 0 Å². The van der Waals surface area contributed by atoms with Gasteiger partial charge in [-0.15, -0.1) is 0 Å². The van der Waals surface area contributed by atoms with E-state index in [0.29, 0.717) is 12.8 Å². The molecule has 49 heavy (non-hydrogen) atoms. The number of nitrogens with one attached hydrogen (secondary N) is 3. The molecule has 2 radical (unpaired) electrons. The van der Waals surface area contributed by atoms with Crippen molar-refractivity contribution in [2.45, 2.75) is 25.5 Å². The number of ether oxygens (including phenoxy) is 1. The Morgan fingerprint density at radius 1 is 0.980 bits per heavy atom. The van der Waals surface area contributed by atoms with Crippen LogP contribution in [0.3, 0.4) is 0 Å². The Balaban J connectivity index is 1.32. The lowest BCUT2D eigenvalue weighted by Crippen LogP contribution is -2.41. The van der Waals surface area contributed by atoms with Gasteiger partial charge in [-0.25, -0.2) is 27.0 Å². The van der Waals surface area contributed by atoms with Crippen molar-refractivity contribution in [2.75, 3.05) is 22.3 Å². The summed E-state index contributed by atoms with van der Waals surface area (Å²) in [5.74, 6) is -1.21. The molecular formula is C33H30BFN6O7S. The molecule has 250 valence electrons. The second kappa shape index (κ2) is 13.5. The Labute approximate surface area is 280 Å². The van der Waals surface area contributed by atoms with E-state index in [1.807, 2.05) is 6.07 Å². The topological polar surface area (TPSA) is 163 Å². The fraction of sp³-hybridized carbons (Fsp3) is 0.212. The van der Waals surface area contributed by atoms with Crippen LogP contribution in [0.4, 0.5) is 26.2 Å². The lowest BCUT2D eigenvalue weighted by atomic mass is 9.96. The van der Waals surface area contributed by atoms with Crippen molar-refractivity contribution in [2.24, 2.45) is 7.05 Å². The molecule has 2 aromatic heterocycles. The molecule has 3 aromatic carbocycles. The molecule has 16 heteroatoms. The maximum atomic E-state index is 14.8. The predicted octanol–water partition coefficient (Wildman–Crippen LogP) is 2.53. The zero-order valence-corrected chi connectivity index (χ0v) is 27.0. The SMILES string of the molecule is [B]c1ccc(Nc2cc(=O)n(C)c3c2c(=O)n(C2CC2)c(=O)n3-c2cccc(NS(=O)(=O)CCNC(=O)OCc3ccccc3)c2)c(F)c1. The van der Waals surface area contributed by atoms with Crippen molar-refractivity contribution in [3.8, 4) is 5.69 Å². The summed E-state index contributed by atoms with van der Waals surface area (Å²) < 4.78 is 51.6. The van der Waals surface area contributed by atoms with Gasteiger partial charge in [0.2, 0.25) is 10.0 Å². The minimum absolute atomic E-state index is 0.0218. The quantitative estimate of drug-likeness (QED) is 0.179. The number of sulfonamides is 1. The van der Waals surface area contributed by atoms with E-state index in [-0.39, 0.29) is 58.4 Å². The Morgan fingerprint density at radius 2 is 1.73 bits per heavy atom. The average Bonchev–Trinajstić information content (AvgIpc) is 3.89. The van der Waals surface area contributed by atoms with Crippen LogP contribution < -0.4 is 37.6 Å². The number of rotatable bonds is 11. The van der Waals surface area contributed by atoms with Gasteiger partial charge < -0.3 is 15.4 Å². The first kappa shape index (κ1) is 33.3. The number of pyridine rings is 1. The number of aryl methyl sites for hydroxylation is 1. The third-order valence-electron chi connectivity index (χ3n) is 7.86. The molecule has 1 saturated carbocycles. The van der Waals surface area contributed by atoms with Crippen LogP contribution >= 0.6 is 0 Å². The summed E-state index contributed by atoms with van der Waals surface area (Å²) in [5, 5.41) is 5.17. The van der Waals surface area contributed by atoms with E-state index in [2.05, 4.69) is 15.4 Å². The number of alkyl carbamates (subject to hydrolysis) is 1. The van der Waals surface area contributed by atoms with Crippen molar-refractivity contribution >= 4 is 57.5 Å². The highest BCUT2D eigenvalue weighted by Crippen LogP contribution is 2.33. The number of nitrogens with zero attached hydrogens (tertiary/aromatic N) is 3. The van der Waals surface area contributed by atoms with E-state index >= 15 is 0 Å². The summed E-state index contributed by atoms with van der Waals surface area (Å²) in [6, 6.07) is 19.5. The molecule has 1 aliphatic rings. The zero-order chi connectivity index (χ0) is 34.9. The second-order valence-corrected chi connectivity index (χ2v) is 13.3. The fourth-order valence-corrected chi connectivity index (χ4v) is 6.29. The maximum absolute atomic E-state index is 14.8. The van der Waals surface area contributed by atoms with Gasteiger partial charge in [-0.3, -0.25) is 23.4 Å². The van der Waals surface area contributed by atoms with Gasteiger partial charge in [0, 0.05) is 25.7 Å². The summed E-state index contributed by atoms with van der Waals surface area (Å²) in [7, 11) is 3.06. The van der Waals surface area contributed by atoms with Crippen LogP contribution in [0.25, 0.3) is 16.7 Å². The fourth-order valence-electron chi connectivity index (χ4n) is 5.33. The van der Waals surface area contributed by atoms with Gasteiger partial charge in [-0.1, -0.05) is 47.9 Å². The molecule has 0 aliphatic heterocycles. The normalized spacial score (nSPS) is 12.9. The first-order valence-electron chi connectivity index (χ1n) is 15.2. The van der Waals surface area contributed by atoms with Gasteiger partial charge in [0.1, 0.15) is 31.3 Å². The summed E-state index contributed by atoms with van der Waals surface area (Å²) >= 11 is 0. The lowest BCUT2D eigenvalue weighted by Gasteiger charge is -2.19. The molecule has 0 unspecified atom stereocenters. The smallest absolute Gasteiger partial charge is 0.407 e. The van der Waals surface area contributed by atoms with Gasteiger partial charge in [-0.05, 0) is 48.7 Å². The lowest BCUT2D eigenvalue weighted by molar-refractivity contribution is 0.140. The summed E-state index contributed by atoms with van der Waals surface area (Å²) in [6.45, 7) is -0.223. The summed E-state index contributed by atoms with van der Waals surface area (Å²) in [6.07, 6.45) is 0.377. The first-order chi connectivity index (χ1) is 23.4. The van der Waals surface area contributed by atoms with E-state index in [9.17, 15) is 32.0 Å². The van der Waals surface area contributed by atoms with Crippen LogP contribution in [0.2, 0.25) is 0 Å². The monoisotopic (exact) mass is 684 g/mol. The molecular weight excluding hydrogens is 654 g/mol. The number of amides is 1. The van der Waals surface area contributed by atoms with Crippen LogP contribution in [0.15, 0.2) is 93.2 Å². The Morgan fingerprint density at radius 3 is 2.45 bits per heavy atom. The number of hydrogen-bond donors (Lipinski definition) is 3. The number of anilines is 3. The van der Waals surface area contributed by atoms with Crippen LogP contribution in [0.1, 0.15) is 24.4 Å². The Bertz CT molecular complexity index is 2370. The third-order valence-corrected chi connectivity index (χ3v) is 9.14. The van der Waals surface area contributed by atoms with E-state index in [0.717, 1.165) is 31.4 Å². The number of carbonyl (C=O) groups is 1. The molecule has 0 atom stereocenters. The molecule has 0 spiro atoms. The molecule has 0 saturated heterocycles. The Kier molecular flexibility index (Phi) is 9.15. The minimum atomic E-state index is -4.00. The highest BCUT2D eigenvalue weighted by molar-refractivity contribution is 7.92. The van der Waals surface area contributed by atoms with E-state index in [4.69, 9.17) is 12.6 Å².